The van der Waals surface area contributed by atoms with E-state index in [1.54, 1.807) is 19.2 Å². The fourth-order valence-electron chi connectivity index (χ4n) is 4.83. The van der Waals surface area contributed by atoms with Crippen LogP contribution in [0.4, 0.5) is 0 Å². The summed E-state index contributed by atoms with van der Waals surface area (Å²) in [5.74, 6) is 1.40. The average Bonchev–Trinajstić information content (AvgIpc) is 3.34. The van der Waals surface area contributed by atoms with Crippen LogP contribution in [-0.2, 0) is 17.8 Å². The number of carbonyl (C=O) groups is 1. The van der Waals surface area contributed by atoms with Crippen molar-refractivity contribution in [3.05, 3.63) is 95.1 Å². The first-order chi connectivity index (χ1) is 16.7. The summed E-state index contributed by atoms with van der Waals surface area (Å²) in [5, 5.41) is 6.49. The van der Waals surface area contributed by atoms with E-state index in [0.29, 0.717) is 24.5 Å². The number of ether oxygens (including phenoxy) is 2. The van der Waals surface area contributed by atoms with Crippen molar-refractivity contribution in [1.29, 1.82) is 0 Å². The van der Waals surface area contributed by atoms with Gasteiger partial charge in [0.1, 0.15) is 11.5 Å². The van der Waals surface area contributed by atoms with Crippen LogP contribution >= 0.6 is 0 Å². The van der Waals surface area contributed by atoms with E-state index in [9.17, 15) is 4.79 Å². The first-order valence-corrected chi connectivity index (χ1v) is 11.6. The summed E-state index contributed by atoms with van der Waals surface area (Å²) < 4.78 is 11.1. The van der Waals surface area contributed by atoms with Crippen molar-refractivity contribution in [2.24, 2.45) is 5.10 Å². The van der Waals surface area contributed by atoms with E-state index in [4.69, 9.17) is 14.6 Å². The van der Waals surface area contributed by atoms with Gasteiger partial charge in [-0.2, -0.15) is 5.10 Å². The molecule has 0 fully saturated rings. The Morgan fingerprint density at radius 2 is 1.74 bits per heavy atom. The standard InChI is InChI=1S/C28H29N3O3/c1-33-23-12-13-24(27(16-23)34-2)26-17-25(21-9-4-3-5-10-21)29-31(26)28(32)19-30-15-14-20-8-6-7-11-22(20)18-30/h3-13,16,26H,14-15,17-19H2,1-2H3/t26-/m0/s1. The molecule has 0 unspecified atom stereocenters. The molecule has 174 valence electrons. The topological polar surface area (TPSA) is 54.4 Å². The number of amides is 1. The molecule has 3 aromatic rings. The van der Waals surface area contributed by atoms with Gasteiger partial charge in [0, 0.05) is 31.1 Å². The van der Waals surface area contributed by atoms with Crippen molar-refractivity contribution in [2.75, 3.05) is 27.3 Å². The first-order valence-electron chi connectivity index (χ1n) is 11.6. The van der Waals surface area contributed by atoms with Gasteiger partial charge in [-0.15, -0.1) is 0 Å². The predicted octanol–water partition coefficient (Wildman–Crippen LogP) is 4.44. The lowest BCUT2D eigenvalue weighted by Crippen LogP contribution is -2.40. The summed E-state index contributed by atoms with van der Waals surface area (Å²) in [7, 11) is 3.27. The molecule has 0 saturated heterocycles. The van der Waals surface area contributed by atoms with Gasteiger partial charge in [-0.1, -0.05) is 54.6 Å². The van der Waals surface area contributed by atoms with Gasteiger partial charge in [-0.25, -0.2) is 5.01 Å². The van der Waals surface area contributed by atoms with E-state index in [0.717, 1.165) is 36.3 Å². The Labute approximate surface area is 200 Å². The fourth-order valence-corrected chi connectivity index (χ4v) is 4.83. The number of fused-ring (bicyclic) bond motifs is 1. The van der Waals surface area contributed by atoms with E-state index < -0.39 is 0 Å². The van der Waals surface area contributed by atoms with Gasteiger partial charge in [0.2, 0.25) is 0 Å². The predicted molar refractivity (Wildman–Crippen MR) is 132 cm³/mol. The summed E-state index contributed by atoms with van der Waals surface area (Å²) in [4.78, 5) is 15.8. The summed E-state index contributed by atoms with van der Waals surface area (Å²) in [6.07, 6.45) is 1.58. The number of nitrogens with zero attached hydrogens (tertiary/aromatic N) is 3. The zero-order valence-electron chi connectivity index (χ0n) is 19.6. The number of carbonyl (C=O) groups excluding carboxylic acids is 1. The van der Waals surface area contributed by atoms with Crippen LogP contribution in [0, 0.1) is 0 Å². The van der Waals surface area contributed by atoms with Crippen LogP contribution in [0.3, 0.4) is 0 Å². The van der Waals surface area contributed by atoms with Crippen LogP contribution in [0.2, 0.25) is 0 Å². The Hall–Kier alpha value is -3.64. The highest BCUT2D eigenvalue weighted by atomic mass is 16.5. The molecule has 0 N–H and O–H groups in total. The van der Waals surface area contributed by atoms with Crippen LogP contribution in [-0.4, -0.2) is 48.8 Å². The van der Waals surface area contributed by atoms with Crippen molar-refractivity contribution in [3.8, 4) is 11.5 Å². The van der Waals surface area contributed by atoms with Crippen LogP contribution in [0.25, 0.3) is 0 Å². The Kier molecular flexibility index (Phi) is 6.32. The number of benzene rings is 3. The average molecular weight is 456 g/mol. The minimum Gasteiger partial charge on any atom is -0.497 e. The second kappa shape index (κ2) is 9.69. The van der Waals surface area contributed by atoms with Gasteiger partial charge in [0.25, 0.3) is 5.91 Å². The summed E-state index contributed by atoms with van der Waals surface area (Å²) in [6, 6.07) is 24.0. The summed E-state index contributed by atoms with van der Waals surface area (Å²) in [6.45, 7) is 1.97. The molecule has 6 nitrogen and oxygen atoms in total. The molecule has 0 saturated carbocycles. The molecule has 5 rings (SSSR count). The number of methoxy groups -OCH3 is 2. The zero-order valence-corrected chi connectivity index (χ0v) is 19.6. The molecule has 1 amide bonds. The number of hydrazone groups is 1. The van der Waals surface area contributed by atoms with Gasteiger partial charge < -0.3 is 9.47 Å². The molecule has 34 heavy (non-hydrogen) atoms. The van der Waals surface area contributed by atoms with Crippen molar-refractivity contribution >= 4 is 11.6 Å². The smallest absolute Gasteiger partial charge is 0.257 e. The number of rotatable bonds is 6. The van der Waals surface area contributed by atoms with Crippen molar-refractivity contribution in [2.45, 2.75) is 25.4 Å². The van der Waals surface area contributed by atoms with Gasteiger partial charge in [0.15, 0.2) is 0 Å². The minimum atomic E-state index is -0.236. The van der Waals surface area contributed by atoms with Crippen molar-refractivity contribution < 1.29 is 14.3 Å². The lowest BCUT2D eigenvalue weighted by molar-refractivity contribution is -0.134. The third kappa shape index (κ3) is 4.41. The van der Waals surface area contributed by atoms with E-state index in [2.05, 4.69) is 29.2 Å². The maximum absolute atomic E-state index is 13.6. The summed E-state index contributed by atoms with van der Waals surface area (Å²) in [5.41, 5.74) is 5.53. The Morgan fingerprint density at radius 1 is 0.971 bits per heavy atom. The highest BCUT2D eigenvalue weighted by molar-refractivity contribution is 6.03. The minimum absolute atomic E-state index is 0.00631. The quantitative estimate of drug-likeness (QED) is 0.552. The summed E-state index contributed by atoms with van der Waals surface area (Å²) >= 11 is 0. The maximum atomic E-state index is 13.6. The molecule has 1 atom stereocenters. The van der Waals surface area contributed by atoms with E-state index >= 15 is 0 Å². The Bertz CT molecular complexity index is 1210. The second-order valence-electron chi connectivity index (χ2n) is 8.71. The van der Waals surface area contributed by atoms with E-state index in [-0.39, 0.29) is 11.9 Å². The normalized spacial score (nSPS) is 17.8. The van der Waals surface area contributed by atoms with Crippen LogP contribution < -0.4 is 9.47 Å². The molecule has 2 aliphatic heterocycles. The molecule has 3 aromatic carbocycles. The molecule has 0 spiro atoms. The maximum Gasteiger partial charge on any atom is 0.257 e. The number of hydrogen-bond acceptors (Lipinski definition) is 5. The number of hydrogen-bond donors (Lipinski definition) is 0. The van der Waals surface area contributed by atoms with E-state index in [1.807, 2.05) is 48.5 Å². The second-order valence-corrected chi connectivity index (χ2v) is 8.71. The molecular formula is C28H29N3O3. The van der Waals surface area contributed by atoms with Crippen molar-refractivity contribution in [1.82, 2.24) is 9.91 Å². The first kappa shape index (κ1) is 22.2. The molecule has 0 bridgehead atoms. The molecule has 2 heterocycles. The Balaban J connectivity index is 1.43. The third-order valence-electron chi connectivity index (χ3n) is 6.64. The highest BCUT2D eigenvalue weighted by Crippen LogP contribution is 2.39. The molecule has 0 aliphatic carbocycles. The molecular weight excluding hydrogens is 426 g/mol. The fraction of sp³-hybridized carbons (Fsp3) is 0.286. The SMILES string of the molecule is COc1ccc([C@@H]2CC(c3ccccc3)=NN2C(=O)CN2CCc3ccccc3C2)c(OC)c1. The largest absolute Gasteiger partial charge is 0.497 e. The highest BCUT2D eigenvalue weighted by Gasteiger charge is 2.35. The van der Waals surface area contributed by atoms with E-state index in [1.165, 1.54) is 11.1 Å². The van der Waals surface area contributed by atoms with Gasteiger partial charge in [0.05, 0.1) is 32.5 Å². The third-order valence-corrected chi connectivity index (χ3v) is 6.64. The van der Waals surface area contributed by atoms with Crippen LogP contribution in [0.15, 0.2) is 77.9 Å². The molecule has 2 aliphatic rings. The molecule has 0 aromatic heterocycles. The van der Waals surface area contributed by atoms with Gasteiger partial charge in [-0.05, 0) is 35.2 Å². The zero-order chi connectivity index (χ0) is 23.5. The van der Waals surface area contributed by atoms with Gasteiger partial charge in [-0.3, -0.25) is 9.69 Å². The molecule has 6 heteroatoms. The Morgan fingerprint density at radius 3 is 2.50 bits per heavy atom. The molecule has 0 radical (unpaired) electrons. The lowest BCUT2D eigenvalue weighted by atomic mass is 9.97. The monoisotopic (exact) mass is 455 g/mol. The van der Waals surface area contributed by atoms with Crippen molar-refractivity contribution in [3.63, 3.8) is 0 Å². The van der Waals surface area contributed by atoms with Gasteiger partial charge >= 0.3 is 0 Å². The lowest BCUT2D eigenvalue weighted by Gasteiger charge is -2.30. The van der Waals surface area contributed by atoms with Crippen LogP contribution in [0.5, 0.6) is 11.5 Å². The van der Waals surface area contributed by atoms with Crippen LogP contribution in [0.1, 0.15) is 34.7 Å².